The lowest BCUT2D eigenvalue weighted by Crippen LogP contribution is -2.37. The van der Waals surface area contributed by atoms with Crippen LogP contribution in [0.15, 0.2) is 57.9 Å². The van der Waals surface area contributed by atoms with Crippen LogP contribution in [0.1, 0.15) is 19.8 Å². The second-order valence-corrected chi connectivity index (χ2v) is 10.2. The molecule has 0 spiro atoms. The molecule has 8 heteroatoms. The molecular formula is C21H21BrFN3O2S. The predicted molar refractivity (Wildman–Crippen MR) is 116 cm³/mol. The van der Waals surface area contributed by atoms with Crippen LogP contribution in [0.5, 0.6) is 0 Å². The van der Waals surface area contributed by atoms with E-state index in [0.29, 0.717) is 40.5 Å². The smallest absolute Gasteiger partial charge is 0.243 e. The van der Waals surface area contributed by atoms with Crippen LogP contribution in [0.4, 0.5) is 15.9 Å². The van der Waals surface area contributed by atoms with E-state index in [1.54, 1.807) is 46.8 Å². The van der Waals surface area contributed by atoms with Gasteiger partial charge in [0.2, 0.25) is 10.0 Å². The van der Waals surface area contributed by atoms with E-state index in [4.69, 9.17) is 0 Å². The molecule has 152 valence electrons. The van der Waals surface area contributed by atoms with Crippen LogP contribution in [-0.4, -0.2) is 30.8 Å². The van der Waals surface area contributed by atoms with E-state index in [1.165, 1.54) is 6.07 Å². The Balaban J connectivity index is 1.60. The number of piperidine rings is 1. The molecule has 2 aromatic carbocycles. The minimum absolute atomic E-state index is 0.279. The molecule has 1 N–H and O–H groups in total. The molecule has 1 fully saturated rings. The molecule has 1 saturated heterocycles. The first kappa shape index (κ1) is 20.3. The Morgan fingerprint density at radius 3 is 2.59 bits per heavy atom. The van der Waals surface area contributed by atoms with Gasteiger partial charge < -0.3 is 5.32 Å². The van der Waals surface area contributed by atoms with Crippen molar-refractivity contribution >= 4 is 48.4 Å². The number of nitrogens with zero attached hydrogens (tertiary/aromatic N) is 2. The first-order chi connectivity index (χ1) is 13.8. The molecule has 0 aliphatic carbocycles. The lowest BCUT2D eigenvalue weighted by molar-refractivity contribution is 0.288. The minimum Gasteiger partial charge on any atom is -0.338 e. The van der Waals surface area contributed by atoms with Crippen molar-refractivity contribution in [3.8, 4) is 0 Å². The molecule has 1 aromatic heterocycles. The van der Waals surface area contributed by atoms with Gasteiger partial charge in [0.25, 0.3) is 0 Å². The Bertz CT molecular complexity index is 1160. The average Bonchev–Trinajstić information content (AvgIpc) is 2.70. The van der Waals surface area contributed by atoms with Crippen molar-refractivity contribution in [3.63, 3.8) is 0 Å². The molecule has 0 bridgehead atoms. The fourth-order valence-electron chi connectivity index (χ4n) is 3.44. The average molecular weight is 478 g/mol. The van der Waals surface area contributed by atoms with Crippen molar-refractivity contribution in [2.24, 2.45) is 5.92 Å². The summed E-state index contributed by atoms with van der Waals surface area (Å²) in [7, 11) is -3.51. The van der Waals surface area contributed by atoms with E-state index >= 15 is 0 Å². The van der Waals surface area contributed by atoms with Gasteiger partial charge in [0.1, 0.15) is 11.6 Å². The van der Waals surface area contributed by atoms with E-state index < -0.39 is 15.8 Å². The number of aromatic nitrogens is 1. The van der Waals surface area contributed by atoms with E-state index in [0.717, 1.165) is 18.2 Å². The molecule has 0 amide bonds. The summed E-state index contributed by atoms with van der Waals surface area (Å²) in [6.45, 7) is 3.26. The first-order valence-corrected chi connectivity index (χ1v) is 11.7. The third kappa shape index (κ3) is 4.29. The fraction of sp³-hybridized carbons (Fsp3) is 0.286. The number of nitrogens with one attached hydrogen (secondary N) is 1. The van der Waals surface area contributed by atoms with Crippen molar-refractivity contribution in [1.29, 1.82) is 0 Å². The van der Waals surface area contributed by atoms with E-state index in [9.17, 15) is 12.8 Å². The standard InChI is InChI=1S/C21H21BrFN3O2S/c1-14-8-10-26(11-9-14)29(27,28)17-4-6-19-15(12-17)2-7-21(24-19)25-20-5-3-16(22)13-18(20)23/h2-7,12-14H,8-11H2,1H3,(H,24,25). The molecule has 0 atom stereocenters. The summed E-state index contributed by atoms with van der Waals surface area (Å²) >= 11 is 3.23. The Morgan fingerprint density at radius 1 is 1.10 bits per heavy atom. The zero-order chi connectivity index (χ0) is 20.6. The summed E-state index contributed by atoms with van der Waals surface area (Å²) in [4.78, 5) is 4.76. The minimum atomic E-state index is -3.51. The van der Waals surface area contributed by atoms with Crippen LogP contribution in [0.2, 0.25) is 0 Å². The molecule has 0 unspecified atom stereocenters. The maximum atomic E-state index is 14.0. The van der Waals surface area contributed by atoms with Crippen molar-refractivity contribution in [1.82, 2.24) is 9.29 Å². The van der Waals surface area contributed by atoms with Crippen LogP contribution in [-0.2, 0) is 10.0 Å². The molecule has 0 radical (unpaired) electrons. The normalized spacial score (nSPS) is 16.2. The summed E-state index contributed by atoms with van der Waals surface area (Å²) in [5.41, 5.74) is 0.956. The molecule has 5 nitrogen and oxygen atoms in total. The highest BCUT2D eigenvalue weighted by Crippen LogP contribution is 2.27. The summed E-state index contributed by atoms with van der Waals surface area (Å²) in [5, 5.41) is 3.68. The number of fused-ring (bicyclic) bond motifs is 1. The van der Waals surface area contributed by atoms with Crippen LogP contribution < -0.4 is 5.32 Å². The molecule has 2 heterocycles. The number of rotatable bonds is 4. The van der Waals surface area contributed by atoms with Crippen molar-refractivity contribution < 1.29 is 12.8 Å². The second kappa shape index (κ2) is 8.01. The highest BCUT2D eigenvalue weighted by Gasteiger charge is 2.28. The monoisotopic (exact) mass is 477 g/mol. The quantitative estimate of drug-likeness (QED) is 0.553. The van der Waals surface area contributed by atoms with Crippen molar-refractivity contribution in [2.75, 3.05) is 18.4 Å². The van der Waals surface area contributed by atoms with Crippen LogP contribution in [0.25, 0.3) is 10.9 Å². The lowest BCUT2D eigenvalue weighted by atomic mass is 10.0. The number of anilines is 2. The molecule has 4 rings (SSSR count). The van der Waals surface area contributed by atoms with Gasteiger partial charge in [-0.15, -0.1) is 0 Å². The van der Waals surface area contributed by atoms with Gasteiger partial charge in [0.15, 0.2) is 0 Å². The summed E-state index contributed by atoms with van der Waals surface area (Å²) in [5.74, 6) is 0.654. The van der Waals surface area contributed by atoms with Gasteiger partial charge in [-0.05, 0) is 67.3 Å². The first-order valence-electron chi connectivity index (χ1n) is 9.46. The fourth-order valence-corrected chi connectivity index (χ4v) is 5.28. The molecule has 1 aliphatic heterocycles. The van der Waals surface area contributed by atoms with Gasteiger partial charge in [-0.25, -0.2) is 17.8 Å². The van der Waals surface area contributed by atoms with Gasteiger partial charge in [-0.1, -0.05) is 22.9 Å². The van der Waals surface area contributed by atoms with E-state index in [2.05, 4.69) is 33.2 Å². The SMILES string of the molecule is CC1CCN(S(=O)(=O)c2ccc3nc(Nc4ccc(Br)cc4F)ccc3c2)CC1. The maximum Gasteiger partial charge on any atom is 0.243 e. The number of benzene rings is 2. The van der Waals surface area contributed by atoms with Crippen LogP contribution in [0, 0.1) is 11.7 Å². The largest absolute Gasteiger partial charge is 0.338 e. The zero-order valence-electron chi connectivity index (χ0n) is 15.9. The topological polar surface area (TPSA) is 62.3 Å². The van der Waals surface area contributed by atoms with Crippen LogP contribution >= 0.6 is 15.9 Å². The Labute approximate surface area is 178 Å². The van der Waals surface area contributed by atoms with Crippen molar-refractivity contribution in [2.45, 2.75) is 24.7 Å². The van der Waals surface area contributed by atoms with Gasteiger partial charge in [0, 0.05) is 22.9 Å². The lowest BCUT2D eigenvalue weighted by Gasteiger charge is -2.29. The van der Waals surface area contributed by atoms with Crippen LogP contribution in [0.3, 0.4) is 0 Å². The molecule has 0 saturated carbocycles. The van der Waals surface area contributed by atoms with Crippen molar-refractivity contribution in [3.05, 3.63) is 58.8 Å². The third-order valence-corrected chi connectivity index (χ3v) is 7.62. The number of halogens is 2. The Hall–Kier alpha value is -2.03. The number of hydrogen-bond acceptors (Lipinski definition) is 4. The third-order valence-electron chi connectivity index (χ3n) is 5.23. The molecular weight excluding hydrogens is 457 g/mol. The summed E-state index contributed by atoms with van der Waals surface area (Å²) < 4.78 is 42.2. The summed E-state index contributed by atoms with van der Waals surface area (Å²) in [6.07, 6.45) is 1.77. The van der Waals surface area contributed by atoms with Gasteiger partial charge in [-0.3, -0.25) is 0 Å². The maximum absolute atomic E-state index is 14.0. The highest BCUT2D eigenvalue weighted by atomic mass is 79.9. The van der Waals surface area contributed by atoms with Gasteiger partial charge >= 0.3 is 0 Å². The van der Waals surface area contributed by atoms with E-state index in [-0.39, 0.29) is 4.90 Å². The van der Waals surface area contributed by atoms with Gasteiger partial charge in [0.05, 0.1) is 16.1 Å². The number of hydrogen-bond donors (Lipinski definition) is 1. The molecule has 3 aromatic rings. The second-order valence-electron chi connectivity index (χ2n) is 7.39. The zero-order valence-corrected chi connectivity index (χ0v) is 18.3. The molecule has 29 heavy (non-hydrogen) atoms. The van der Waals surface area contributed by atoms with E-state index in [1.807, 2.05) is 0 Å². The predicted octanol–water partition coefficient (Wildman–Crippen LogP) is 5.30. The van der Waals surface area contributed by atoms with Gasteiger partial charge in [-0.2, -0.15) is 4.31 Å². The number of sulfonamides is 1. The highest BCUT2D eigenvalue weighted by molar-refractivity contribution is 9.10. The summed E-state index contributed by atoms with van der Waals surface area (Å²) in [6, 6.07) is 13.2. The Morgan fingerprint density at radius 2 is 1.86 bits per heavy atom. The number of pyridine rings is 1. The molecule has 1 aliphatic rings. The Kier molecular flexibility index (Phi) is 5.59.